The average Bonchev–Trinajstić information content (AvgIpc) is 3.40. The highest BCUT2D eigenvalue weighted by Crippen LogP contribution is 2.40. The molecule has 0 unspecified atom stereocenters. The Morgan fingerprint density at radius 3 is 2.64 bits per heavy atom. The van der Waals surface area contributed by atoms with Gasteiger partial charge in [0.25, 0.3) is 16.0 Å². The molecule has 0 saturated heterocycles. The van der Waals surface area contributed by atoms with Gasteiger partial charge in [0.1, 0.15) is 23.8 Å². The van der Waals surface area contributed by atoms with Crippen LogP contribution < -0.4 is 19.7 Å². The molecule has 1 aliphatic heterocycles. The summed E-state index contributed by atoms with van der Waals surface area (Å²) in [6.07, 6.45) is 3.24. The van der Waals surface area contributed by atoms with E-state index in [2.05, 4.69) is 10.4 Å². The Balaban J connectivity index is 1.29. The molecule has 2 heterocycles. The molecule has 1 aliphatic rings. The maximum atomic E-state index is 15.1. The molecule has 1 aromatic heterocycles. The van der Waals surface area contributed by atoms with Crippen LogP contribution in [0, 0.1) is 12.7 Å². The molecule has 0 spiro atoms. The van der Waals surface area contributed by atoms with E-state index in [1.54, 1.807) is 42.7 Å². The predicted molar refractivity (Wildman–Crippen MR) is 187 cm³/mol. The van der Waals surface area contributed by atoms with Crippen molar-refractivity contribution in [2.24, 2.45) is 0 Å². The van der Waals surface area contributed by atoms with Gasteiger partial charge in [0.15, 0.2) is 5.75 Å². The number of para-hydroxylation sites is 1. The van der Waals surface area contributed by atoms with Gasteiger partial charge in [-0.05, 0) is 57.5 Å². The third-order valence-electron chi connectivity index (χ3n) is 7.74. The summed E-state index contributed by atoms with van der Waals surface area (Å²) < 4.78 is 65.2. The second kappa shape index (κ2) is 15.3. The van der Waals surface area contributed by atoms with Gasteiger partial charge in [-0.25, -0.2) is 9.18 Å². The first-order valence-corrected chi connectivity index (χ1v) is 17.9. The molecule has 2 N–H and O–H groups in total. The van der Waals surface area contributed by atoms with Crippen LogP contribution in [0.5, 0.6) is 11.5 Å². The second-order valence-electron chi connectivity index (χ2n) is 12.2. The Morgan fingerprint density at radius 1 is 1.14 bits per heavy atom. The van der Waals surface area contributed by atoms with E-state index in [-0.39, 0.29) is 35.8 Å². The lowest BCUT2D eigenvalue weighted by Crippen LogP contribution is -2.39. The summed E-state index contributed by atoms with van der Waals surface area (Å²) in [5.74, 6) is -1.16. The number of halogens is 3. The molecule has 5 rings (SSSR count). The van der Waals surface area contributed by atoms with Crippen molar-refractivity contribution in [1.29, 1.82) is 0 Å². The van der Waals surface area contributed by atoms with Gasteiger partial charge in [-0.2, -0.15) is 13.5 Å². The number of hydrogen-bond donors (Lipinski definition) is 2. The van der Waals surface area contributed by atoms with Crippen LogP contribution in [0.2, 0.25) is 10.0 Å². The van der Waals surface area contributed by atoms with Crippen molar-refractivity contribution in [2.75, 3.05) is 37.0 Å². The lowest BCUT2D eigenvalue weighted by molar-refractivity contribution is 0.0282. The molecule has 50 heavy (non-hydrogen) atoms. The van der Waals surface area contributed by atoms with Crippen LogP contribution in [0.4, 0.5) is 14.9 Å². The molecule has 3 aromatic carbocycles. The summed E-state index contributed by atoms with van der Waals surface area (Å²) in [6, 6.07) is 13.0. The molecular formula is C34H35Cl2FN4O8S. The number of nitrogens with zero attached hydrogens (tertiary/aromatic N) is 3. The van der Waals surface area contributed by atoms with Crippen molar-refractivity contribution in [3.63, 3.8) is 0 Å². The topological polar surface area (TPSA) is 149 Å². The molecule has 0 aliphatic carbocycles. The fraction of sp³-hybridized carbons (Fsp3) is 0.324. The first-order valence-electron chi connectivity index (χ1n) is 15.5. The molecule has 0 fully saturated rings. The summed E-state index contributed by atoms with van der Waals surface area (Å²) in [5.41, 5.74) is 1.69. The van der Waals surface area contributed by atoms with Crippen LogP contribution in [0.15, 0.2) is 60.9 Å². The number of anilines is 1. The van der Waals surface area contributed by atoms with Crippen molar-refractivity contribution >= 4 is 51.0 Å². The first kappa shape index (κ1) is 36.9. The molecule has 12 nitrogen and oxygen atoms in total. The zero-order valence-corrected chi connectivity index (χ0v) is 29.7. The average molecular weight is 750 g/mol. The normalized spacial score (nSPS) is 13.2. The van der Waals surface area contributed by atoms with Gasteiger partial charge in [0.05, 0.1) is 30.8 Å². The first-order chi connectivity index (χ1) is 23.6. The second-order valence-corrected chi connectivity index (χ2v) is 14.6. The van der Waals surface area contributed by atoms with Crippen molar-refractivity contribution in [3.05, 3.63) is 93.5 Å². The highest BCUT2D eigenvalue weighted by atomic mass is 35.5. The smallest absolute Gasteiger partial charge is 0.414 e. The van der Waals surface area contributed by atoms with Crippen LogP contribution in [0.3, 0.4) is 0 Å². The molecule has 0 atom stereocenters. The van der Waals surface area contributed by atoms with E-state index in [0.29, 0.717) is 52.9 Å². The van der Waals surface area contributed by atoms with Crippen molar-refractivity contribution in [3.8, 4) is 22.6 Å². The van der Waals surface area contributed by atoms with Crippen LogP contribution in [0.1, 0.15) is 41.8 Å². The molecule has 0 radical (unpaired) electrons. The Labute approximate surface area is 298 Å². The summed E-state index contributed by atoms with van der Waals surface area (Å²) in [7, 11) is -4.27. The molecule has 2 amide bonds. The monoisotopic (exact) mass is 748 g/mol. The van der Waals surface area contributed by atoms with Crippen LogP contribution >= 0.6 is 23.2 Å². The Morgan fingerprint density at radius 2 is 1.90 bits per heavy atom. The lowest BCUT2D eigenvalue weighted by atomic mass is 10.1. The Hall–Kier alpha value is -4.37. The lowest BCUT2D eigenvalue weighted by Gasteiger charge is -2.29. The van der Waals surface area contributed by atoms with Gasteiger partial charge in [-0.3, -0.25) is 18.9 Å². The number of carbonyl (C=O) groups excluding carboxylic acids is 2. The van der Waals surface area contributed by atoms with Gasteiger partial charge in [0.2, 0.25) is 0 Å². The SMILES string of the molecule is Cc1c(Cl)cccc1OC(C)(C)COC(=O)N1CCCOc2c(-c3cnn(Cc4c(F)cc(C(=O)NCCS(=O)(=O)O)cc4Cl)c3)cccc21. The maximum absolute atomic E-state index is 15.1. The maximum Gasteiger partial charge on any atom is 0.414 e. The molecule has 0 saturated carbocycles. The minimum Gasteiger partial charge on any atom is -0.491 e. The standard InChI is InChI=1S/C34H35Cl2FN4O8S/c1-21-26(35)8-5-10-30(21)49-34(2,3)20-48-33(43)41-12-6-13-47-31-24(7-4-9-29(31)41)23-17-39-40(18-23)19-25-27(36)15-22(16-28(25)37)32(42)38-11-14-50(44,45)46/h4-5,7-10,15-18H,6,11-14,19-20H2,1-3H3,(H,38,42)(H,44,45,46). The highest BCUT2D eigenvalue weighted by Gasteiger charge is 2.29. The van der Waals surface area contributed by atoms with Gasteiger partial charge in [0, 0.05) is 57.1 Å². The van der Waals surface area contributed by atoms with E-state index in [1.807, 2.05) is 26.8 Å². The summed E-state index contributed by atoms with van der Waals surface area (Å²) in [4.78, 5) is 27.3. The number of hydrogen-bond acceptors (Lipinski definition) is 8. The van der Waals surface area contributed by atoms with Crippen LogP contribution in [-0.4, -0.2) is 72.4 Å². The van der Waals surface area contributed by atoms with E-state index >= 15 is 4.39 Å². The Kier molecular flexibility index (Phi) is 11.3. The number of carbonyl (C=O) groups is 2. The van der Waals surface area contributed by atoms with E-state index in [0.717, 1.165) is 11.6 Å². The van der Waals surface area contributed by atoms with E-state index < -0.39 is 39.3 Å². The fourth-order valence-electron chi connectivity index (χ4n) is 5.19. The zero-order chi connectivity index (χ0) is 36.2. The summed E-state index contributed by atoms with van der Waals surface area (Å²) in [5, 5.41) is 7.19. The van der Waals surface area contributed by atoms with Crippen molar-refractivity contribution in [2.45, 2.75) is 39.3 Å². The number of fused-ring (bicyclic) bond motifs is 1. The summed E-state index contributed by atoms with van der Waals surface area (Å²) in [6.45, 7) is 5.72. The number of nitrogens with one attached hydrogen (secondary N) is 1. The van der Waals surface area contributed by atoms with Gasteiger partial charge < -0.3 is 19.5 Å². The number of ether oxygens (including phenoxy) is 3. The van der Waals surface area contributed by atoms with E-state index in [4.69, 9.17) is 42.0 Å². The number of benzene rings is 3. The third kappa shape index (κ3) is 9.04. The molecule has 0 bridgehead atoms. The number of aromatic nitrogens is 2. The number of rotatable bonds is 11. The third-order valence-corrected chi connectivity index (χ3v) is 9.21. The largest absolute Gasteiger partial charge is 0.491 e. The number of amides is 2. The predicted octanol–water partition coefficient (Wildman–Crippen LogP) is 6.55. The molecule has 16 heteroatoms. The zero-order valence-electron chi connectivity index (χ0n) is 27.4. The Bertz CT molecular complexity index is 2000. The molecule has 266 valence electrons. The quantitative estimate of drug-likeness (QED) is 0.163. The van der Waals surface area contributed by atoms with Gasteiger partial charge >= 0.3 is 6.09 Å². The molecule has 4 aromatic rings. The van der Waals surface area contributed by atoms with Crippen molar-refractivity contribution < 1.29 is 41.2 Å². The van der Waals surface area contributed by atoms with Crippen LogP contribution in [-0.2, 0) is 21.4 Å². The van der Waals surface area contributed by atoms with Crippen LogP contribution in [0.25, 0.3) is 11.1 Å². The minimum absolute atomic E-state index is 0.0320. The fourth-order valence-corrected chi connectivity index (χ4v) is 5.99. The van der Waals surface area contributed by atoms with Gasteiger partial charge in [-0.1, -0.05) is 41.4 Å². The minimum atomic E-state index is -4.27. The van der Waals surface area contributed by atoms with E-state index in [9.17, 15) is 18.0 Å². The summed E-state index contributed by atoms with van der Waals surface area (Å²) >= 11 is 12.6. The van der Waals surface area contributed by atoms with Crippen molar-refractivity contribution in [1.82, 2.24) is 15.1 Å². The molecular weight excluding hydrogens is 714 g/mol. The van der Waals surface area contributed by atoms with E-state index in [1.165, 1.54) is 15.6 Å². The highest BCUT2D eigenvalue weighted by molar-refractivity contribution is 7.85. The van der Waals surface area contributed by atoms with Gasteiger partial charge in [-0.15, -0.1) is 0 Å².